The highest BCUT2D eigenvalue weighted by atomic mass is 15.3. The number of piperidine rings is 1. The van der Waals surface area contributed by atoms with Gasteiger partial charge in [0.05, 0.1) is 12.2 Å². The summed E-state index contributed by atoms with van der Waals surface area (Å²) in [4.78, 5) is 14.2. The fraction of sp³-hybridized carbons (Fsp3) is 0.524. The van der Waals surface area contributed by atoms with Crippen LogP contribution in [-0.4, -0.2) is 60.0 Å². The third-order valence-electron chi connectivity index (χ3n) is 5.75. The van der Waals surface area contributed by atoms with Crippen LogP contribution in [0.4, 0.5) is 0 Å². The van der Waals surface area contributed by atoms with Gasteiger partial charge < -0.3 is 10.2 Å². The smallest absolute Gasteiger partial charge is 0.194 e. The summed E-state index contributed by atoms with van der Waals surface area (Å²) in [6.07, 6.45) is 7.25. The predicted octanol–water partition coefficient (Wildman–Crippen LogP) is 2.87. The minimum atomic E-state index is 0.685. The molecule has 2 saturated heterocycles. The number of rotatable bonds is 3. The van der Waals surface area contributed by atoms with E-state index in [2.05, 4.69) is 55.4 Å². The molecule has 4 rings (SSSR count). The lowest BCUT2D eigenvalue weighted by Gasteiger charge is -2.32. The molecule has 1 aromatic heterocycles. The van der Waals surface area contributed by atoms with E-state index < -0.39 is 0 Å². The summed E-state index contributed by atoms with van der Waals surface area (Å²) in [6, 6.07) is 11.2. The fourth-order valence-electron chi connectivity index (χ4n) is 4.33. The Balaban J connectivity index is 1.39. The van der Waals surface area contributed by atoms with Gasteiger partial charge in [0.15, 0.2) is 5.96 Å². The van der Waals surface area contributed by atoms with E-state index in [0.29, 0.717) is 12.6 Å². The molecule has 2 fully saturated rings. The number of benzene rings is 1. The molecular weight excluding hydrogens is 322 g/mol. The van der Waals surface area contributed by atoms with Crippen LogP contribution in [0.2, 0.25) is 0 Å². The Morgan fingerprint density at radius 1 is 1.15 bits per heavy atom. The Labute approximate surface area is 156 Å². The van der Waals surface area contributed by atoms with Crippen molar-refractivity contribution in [3.05, 3.63) is 42.2 Å². The predicted molar refractivity (Wildman–Crippen MR) is 107 cm³/mol. The lowest BCUT2D eigenvalue weighted by atomic mass is 10.1. The average molecular weight is 351 g/mol. The molecule has 2 aliphatic heterocycles. The molecule has 26 heavy (non-hydrogen) atoms. The Bertz CT molecular complexity index is 761. The zero-order valence-corrected chi connectivity index (χ0v) is 15.7. The number of aliphatic imine (C=N–C) groups is 1. The Kier molecular flexibility index (Phi) is 5.34. The number of fused-ring (bicyclic) bond motifs is 1. The molecule has 0 saturated carbocycles. The second-order valence-electron chi connectivity index (χ2n) is 7.36. The molecule has 0 aliphatic carbocycles. The van der Waals surface area contributed by atoms with Crippen LogP contribution in [0.1, 0.15) is 31.4 Å². The van der Waals surface area contributed by atoms with Crippen molar-refractivity contribution in [2.45, 2.75) is 38.3 Å². The molecule has 1 unspecified atom stereocenters. The molecule has 1 atom stereocenters. The summed E-state index contributed by atoms with van der Waals surface area (Å²) in [6.45, 7) is 5.42. The molecule has 3 heterocycles. The largest absolute Gasteiger partial charge is 0.351 e. The molecule has 0 spiro atoms. The number of likely N-dealkylation sites (tertiary alicyclic amines) is 2. The van der Waals surface area contributed by atoms with E-state index in [1.807, 2.05) is 13.2 Å². The molecule has 1 N–H and O–H groups in total. The molecule has 5 heteroatoms. The van der Waals surface area contributed by atoms with Gasteiger partial charge in [0.1, 0.15) is 0 Å². The van der Waals surface area contributed by atoms with Crippen LogP contribution in [0, 0.1) is 0 Å². The summed E-state index contributed by atoms with van der Waals surface area (Å²) < 4.78 is 0. The SMILES string of the molecule is CN=C(NCc1nccc2ccccc12)N1CCC(N2CCCCC2)C1. The first-order valence-corrected chi connectivity index (χ1v) is 9.87. The number of hydrogen-bond donors (Lipinski definition) is 1. The first-order valence-electron chi connectivity index (χ1n) is 9.87. The van der Waals surface area contributed by atoms with E-state index in [1.54, 1.807) is 0 Å². The normalized spacial score (nSPS) is 22.1. The van der Waals surface area contributed by atoms with Gasteiger partial charge in [0, 0.05) is 37.8 Å². The van der Waals surface area contributed by atoms with Gasteiger partial charge in [0.2, 0.25) is 0 Å². The first kappa shape index (κ1) is 17.3. The van der Waals surface area contributed by atoms with Crippen LogP contribution in [0.3, 0.4) is 0 Å². The molecule has 2 aromatic rings. The van der Waals surface area contributed by atoms with Gasteiger partial charge in [-0.2, -0.15) is 0 Å². The maximum absolute atomic E-state index is 4.58. The minimum Gasteiger partial charge on any atom is -0.351 e. The van der Waals surface area contributed by atoms with E-state index in [4.69, 9.17) is 0 Å². The van der Waals surface area contributed by atoms with Crippen molar-refractivity contribution >= 4 is 16.7 Å². The van der Waals surface area contributed by atoms with Gasteiger partial charge in [-0.25, -0.2) is 0 Å². The van der Waals surface area contributed by atoms with Gasteiger partial charge in [0.25, 0.3) is 0 Å². The van der Waals surface area contributed by atoms with E-state index in [0.717, 1.165) is 24.7 Å². The molecular formula is C21H29N5. The van der Waals surface area contributed by atoms with E-state index in [1.165, 1.54) is 49.5 Å². The molecule has 0 bridgehead atoms. The van der Waals surface area contributed by atoms with Crippen molar-refractivity contribution < 1.29 is 0 Å². The summed E-state index contributed by atoms with van der Waals surface area (Å²) >= 11 is 0. The topological polar surface area (TPSA) is 43.8 Å². The van der Waals surface area contributed by atoms with Crippen molar-refractivity contribution in [2.24, 2.45) is 4.99 Å². The monoisotopic (exact) mass is 351 g/mol. The van der Waals surface area contributed by atoms with Crippen LogP contribution in [-0.2, 0) is 6.54 Å². The number of guanidine groups is 1. The maximum Gasteiger partial charge on any atom is 0.194 e. The van der Waals surface area contributed by atoms with Crippen LogP contribution >= 0.6 is 0 Å². The van der Waals surface area contributed by atoms with Crippen molar-refractivity contribution in [3.63, 3.8) is 0 Å². The Morgan fingerprint density at radius 3 is 2.85 bits per heavy atom. The van der Waals surface area contributed by atoms with Crippen molar-refractivity contribution in [1.82, 2.24) is 20.1 Å². The highest BCUT2D eigenvalue weighted by Crippen LogP contribution is 2.21. The lowest BCUT2D eigenvalue weighted by molar-refractivity contribution is 0.168. The number of pyridine rings is 1. The third-order valence-corrected chi connectivity index (χ3v) is 5.75. The molecule has 5 nitrogen and oxygen atoms in total. The maximum atomic E-state index is 4.58. The van der Waals surface area contributed by atoms with Gasteiger partial charge in [-0.05, 0) is 43.8 Å². The summed E-state index contributed by atoms with van der Waals surface area (Å²) in [5.41, 5.74) is 1.08. The highest BCUT2D eigenvalue weighted by Gasteiger charge is 2.29. The van der Waals surface area contributed by atoms with Crippen LogP contribution in [0.25, 0.3) is 10.8 Å². The standard InChI is InChI=1S/C21H29N5/c1-22-21(26-14-10-18(16-26)25-12-5-2-6-13-25)24-15-20-19-8-4-3-7-17(19)9-11-23-20/h3-4,7-9,11,18H,2,5-6,10,12-16H2,1H3,(H,22,24). The zero-order chi connectivity index (χ0) is 17.8. The Hall–Kier alpha value is -2.14. The molecule has 0 radical (unpaired) electrons. The number of nitrogens with zero attached hydrogens (tertiary/aromatic N) is 4. The van der Waals surface area contributed by atoms with E-state index in [-0.39, 0.29) is 0 Å². The average Bonchev–Trinajstić information content (AvgIpc) is 3.19. The number of aromatic nitrogens is 1. The number of nitrogens with one attached hydrogen (secondary N) is 1. The van der Waals surface area contributed by atoms with Crippen molar-refractivity contribution in [1.29, 1.82) is 0 Å². The van der Waals surface area contributed by atoms with Crippen LogP contribution in [0.5, 0.6) is 0 Å². The summed E-state index contributed by atoms with van der Waals surface area (Å²) in [7, 11) is 1.88. The highest BCUT2D eigenvalue weighted by molar-refractivity contribution is 5.85. The van der Waals surface area contributed by atoms with E-state index in [9.17, 15) is 0 Å². The van der Waals surface area contributed by atoms with Gasteiger partial charge in [-0.15, -0.1) is 0 Å². The summed E-state index contributed by atoms with van der Waals surface area (Å²) in [5.74, 6) is 0.999. The quantitative estimate of drug-likeness (QED) is 0.682. The molecule has 1 aromatic carbocycles. The lowest BCUT2D eigenvalue weighted by Crippen LogP contribution is -2.44. The van der Waals surface area contributed by atoms with Crippen LogP contribution < -0.4 is 5.32 Å². The third kappa shape index (κ3) is 3.68. The molecule has 2 aliphatic rings. The molecule has 0 amide bonds. The zero-order valence-electron chi connectivity index (χ0n) is 15.7. The number of hydrogen-bond acceptors (Lipinski definition) is 3. The van der Waals surface area contributed by atoms with E-state index >= 15 is 0 Å². The van der Waals surface area contributed by atoms with Gasteiger partial charge in [-0.1, -0.05) is 30.7 Å². The van der Waals surface area contributed by atoms with Crippen LogP contribution in [0.15, 0.2) is 41.5 Å². The minimum absolute atomic E-state index is 0.685. The fourth-order valence-corrected chi connectivity index (χ4v) is 4.33. The summed E-state index contributed by atoms with van der Waals surface area (Å²) in [5, 5.41) is 5.99. The van der Waals surface area contributed by atoms with Crippen molar-refractivity contribution in [2.75, 3.05) is 33.2 Å². The Morgan fingerprint density at radius 2 is 2.00 bits per heavy atom. The first-order chi connectivity index (χ1) is 12.8. The second-order valence-corrected chi connectivity index (χ2v) is 7.36. The van der Waals surface area contributed by atoms with Gasteiger partial charge in [-0.3, -0.25) is 14.9 Å². The van der Waals surface area contributed by atoms with Crippen molar-refractivity contribution in [3.8, 4) is 0 Å². The second kappa shape index (κ2) is 8.04. The molecule has 138 valence electrons. The van der Waals surface area contributed by atoms with Gasteiger partial charge >= 0.3 is 0 Å².